The molecule has 4 saturated carbocycles. The van der Waals surface area contributed by atoms with E-state index in [2.05, 4.69) is 20.8 Å². The number of rotatable bonds is 8. The fourth-order valence-electron chi connectivity index (χ4n) is 10.6. The van der Waals surface area contributed by atoms with Crippen molar-refractivity contribution in [1.29, 1.82) is 0 Å². The van der Waals surface area contributed by atoms with E-state index in [0.717, 1.165) is 49.9 Å². The van der Waals surface area contributed by atoms with Crippen LogP contribution in [0.3, 0.4) is 0 Å². The van der Waals surface area contributed by atoms with Gasteiger partial charge in [-0.25, -0.2) is 0 Å². The topological polar surface area (TPSA) is 104 Å². The Hall–Kier alpha value is -0.700. The molecule has 0 bridgehead atoms. The number of carbonyl (C=O) groups is 1. The molecule has 1 saturated heterocycles. The Labute approximate surface area is 236 Å². The van der Waals surface area contributed by atoms with Crippen molar-refractivity contribution in [2.24, 2.45) is 46.3 Å². The summed E-state index contributed by atoms with van der Waals surface area (Å²) in [6.45, 7) is 8.68. The molecule has 9 atom stereocenters. The lowest BCUT2D eigenvalue weighted by Gasteiger charge is -2.61. The third-order valence-corrected chi connectivity index (χ3v) is 13.5. The van der Waals surface area contributed by atoms with Crippen LogP contribution >= 0.6 is 0 Å². The van der Waals surface area contributed by atoms with Gasteiger partial charge in [-0.15, -0.1) is 0 Å². The Bertz CT molecular complexity index is 982. The van der Waals surface area contributed by atoms with Crippen molar-refractivity contribution in [2.45, 2.75) is 116 Å². The van der Waals surface area contributed by atoms with Crippen molar-refractivity contribution in [3.8, 4) is 0 Å². The molecule has 5 fully saturated rings. The average molecular weight is 568 g/mol. The number of hydrogen-bond donors (Lipinski definition) is 2. The van der Waals surface area contributed by atoms with Gasteiger partial charge < -0.3 is 14.7 Å². The number of amides is 1. The first-order valence-electron chi connectivity index (χ1n) is 15.9. The van der Waals surface area contributed by atoms with E-state index in [-0.39, 0.29) is 24.6 Å². The van der Waals surface area contributed by atoms with Crippen LogP contribution in [0, 0.1) is 46.3 Å². The Kier molecular flexibility index (Phi) is 8.80. The molecule has 9 unspecified atom stereocenters. The summed E-state index contributed by atoms with van der Waals surface area (Å²) >= 11 is 0. The highest BCUT2D eigenvalue weighted by Crippen LogP contribution is 2.68. The molecule has 1 aliphatic heterocycles. The summed E-state index contributed by atoms with van der Waals surface area (Å²) in [4.78, 5) is 15.1. The zero-order chi connectivity index (χ0) is 28.0. The zero-order valence-corrected chi connectivity index (χ0v) is 25.3. The zero-order valence-electron chi connectivity index (χ0n) is 24.5. The molecular weight excluding hydrogens is 514 g/mol. The molecule has 5 rings (SSSR count). The van der Waals surface area contributed by atoms with Gasteiger partial charge in [0, 0.05) is 32.2 Å². The van der Waals surface area contributed by atoms with Gasteiger partial charge in [-0.1, -0.05) is 20.8 Å². The van der Waals surface area contributed by atoms with E-state index in [9.17, 15) is 22.9 Å². The minimum absolute atomic E-state index is 0.00986. The SMILES string of the molecule is CC(CCC(=O)N(CCS(=O)(=O)O)C1CCOCC1)C1CCC2C3CCC4CC(O)CCC4(C)C3CCC12C. The maximum atomic E-state index is 13.4. The van der Waals surface area contributed by atoms with Crippen LogP contribution in [0.5, 0.6) is 0 Å². The Morgan fingerprint density at radius 3 is 2.38 bits per heavy atom. The molecule has 224 valence electrons. The van der Waals surface area contributed by atoms with Crippen molar-refractivity contribution in [1.82, 2.24) is 4.90 Å². The van der Waals surface area contributed by atoms with Crippen LogP contribution in [0.4, 0.5) is 0 Å². The van der Waals surface area contributed by atoms with Crippen LogP contribution in [0.1, 0.15) is 104 Å². The van der Waals surface area contributed by atoms with Crippen LogP contribution in [0.2, 0.25) is 0 Å². The van der Waals surface area contributed by atoms with Gasteiger partial charge in [-0.2, -0.15) is 8.42 Å². The van der Waals surface area contributed by atoms with Gasteiger partial charge in [0.25, 0.3) is 10.1 Å². The minimum atomic E-state index is -4.12. The van der Waals surface area contributed by atoms with E-state index in [1.807, 2.05) is 0 Å². The van der Waals surface area contributed by atoms with Crippen molar-refractivity contribution in [2.75, 3.05) is 25.5 Å². The van der Waals surface area contributed by atoms with E-state index in [1.165, 1.54) is 44.9 Å². The van der Waals surface area contributed by atoms with Crippen LogP contribution < -0.4 is 0 Å². The van der Waals surface area contributed by atoms with Crippen molar-refractivity contribution < 1.29 is 27.6 Å². The van der Waals surface area contributed by atoms with Crippen molar-refractivity contribution >= 4 is 16.0 Å². The molecular formula is C31H53NO6S. The maximum absolute atomic E-state index is 13.4. The predicted octanol–water partition coefficient (Wildman–Crippen LogP) is 5.32. The van der Waals surface area contributed by atoms with E-state index < -0.39 is 15.9 Å². The molecule has 0 aromatic carbocycles. The largest absolute Gasteiger partial charge is 0.393 e. The molecule has 0 aromatic heterocycles. The smallest absolute Gasteiger partial charge is 0.266 e. The van der Waals surface area contributed by atoms with E-state index in [0.29, 0.717) is 48.2 Å². The second-order valence-corrected chi connectivity index (χ2v) is 16.1. The van der Waals surface area contributed by atoms with Crippen LogP contribution in [0.15, 0.2) is 0 Å². The Morgan fingerprint density at radius 2 is 1.67 bits per heavy atom. The summed E-state index contributed by atoms with van der Waals surface area (Å²) in [5, 5.41) is 10.3. The van der Waals surface area contributed by atoms with E-state index in [4.69, 9.17) is 4.74 Å². The summed E-state index contributed by atoms with van der Waals surface area (Å²) in [6.07, 6.45) is 13.6. The van der Waals surface area contributed by atoms with Crippen LogP contribution in [-0.4, -0.2) is 66.5 Å². The molecule has 7 nitrogen and oxygen atoms in total. The van der Waals surface area contributed by atoms with Gasteiger partial charge in [0.05, 0.1) is 11.9 Å². The summed E-state index contributed by atoms with van der Waals surface area (Å²) in [5.74, 6) is 3.77. The van der Waals surface area contributed by atoms with Crippen molar-refractivity contribution in [3.05, 3.63) is 0 Å². The van der Waals surface area contributed by atoms with E-state index >= 15 is 0 Å². The highest BCUT2D eigenvalue weighted by molar-refractivity contribution is 7.85. The second kappa shape index (κ2) is 11.5. The number of hydrogen-bond acceptors (Lipinski definition) is 5. The molecule has 2 N–H and O–H groups in total. The van der Waals surface area contributed by atoms with Gasteiger partial charge in [-0.3, -0.25) is 9.35 Å². The molecule has 4 aliphatic carbocycles. The first-order valence-corrected chi connectivity index (χ1v) is 17.5. The minimum Gasteiger partial charge on any atom is -0.393 e. The summed E-state index contributed by atoms with van der Waals surface area (Å²) in [7, 11) is -4.12. The third-order valence-electron chi connectivity index (χ3n) is 12.8. The number of ether oxygens (including phenoxy) is 1. The van der Waals surface area contributed by atoms with Gasteiger partial charge in [0.1, 0.15) is 0 Å². The fraction of sp³-hybridized carbons (Fsp3) is 0.968. The van der Waals surface area contributed by atoms with Crippen LogP contribution in [0.25, 0.3) is 0 Å². The van der Waals surface area contributed by atoms with Gasteiger partial charge >= 0.3 is 0 Å². The maximum Gasteiger partial charge on any atom is 0.266 e. The molecule has 8 heteroatoms. The normalized spacial score (nSPS) is 41.8. The standard InChI is InChI=1S/C31H53NO6S/c1-21(4-9-29(34)32(16-19-39(35,36)37)23-12-17-38-18-13-23)26-7-8-27-25-6-5-22-20-24(33)10-14-30(22,2)28(25)11-15-31(26,27)3/h21-28,33H,4-20H2,1-3H3,(H,35,36,37). The lowest BCUT2D eigenvalue weighted by Crippen LogP contribution is -2.54. The molecule has 1 heterocycles. The van der Waals surface area contributed by atoms with Gasteiger partial charge in [0.2, 0.25) is 5.91 Å². The predicted molar refractivity (Wildman–Crippen MR) is 152 cm³/mol. The molecule has 0 spiro atoms. The van der Waals surface area contributed by atoms with E-state index in [1.54, 1.807) is 4.90 Å². The summed E-state index contributed by atoms with van der Waals surface area (Å²) in [5.41, 5.74) is 0.738. The average Bonchev–Trinajstić information content (AvgIpc) is 3.25. The van der Waals surface area contributed by atoms with Gasteiger partial charge in [-0.05, 0) is 123 Å². The Morgan fingerprint density at radius 1 is 0.974 bits per heavy atom. The second-order valence-electron chi connectivity index (χ2n) is 14.5. The number of fused-ring (bicyclic) bond motifs is 5. The number of aliphatic hydroxyl groups excluding tert-OH is 1. The first-order chi connectivity index (χ1) is 18.4. The highest BCUT2D eigenvalue weighted by Gasteiger charge is 2.60. The lowest BCUT2D eigenvalue weighted by atomic mass is 9.44. The monoisotopic (exact) mass is 567 g/mol. The fourth-order valence-corrected chi connectivity index (χ4v) is 11.1. The number of aliphatic hydroxyl groups is 1. The molecule has 0 radical (unpaired) electrons. The first kappa shape index (κ1) is 29.8. The molecule has 1 amide bonds. The summed E-state index contributed by atoms with van der Waals surface area (Å²) < 4.78 is 37.7. The quantitative estimate of drug-likeness (QED) is 0.385. The molecule has 0 aromatic rings. The third kappa shape index (κ3) is 5.96. The number of nitrogens with zero attached hydrogens (tertiary/aromatic N) is 1. The molecule has 39 heavy (non-hydrogen) atoms. The molecule has 5 aliphatic rings. The summed E-state index contributed by atoms with van der Waals surface area (Å²) in [6, 6.07) is -0.00986. The highest BCUT2D eigenvalue weighted by atomic mass is 32.2. The van der Waals surface area contributed by atoms with Crippen LogP contribution in [-0.2, 0) is 19.6 Å². The lowest BCUT2D eigenvalue weighted by molar-refractivity contribution is -0.136. The van der Waals surface area contributed by atoms with Crippen molar-refractivity contribution in [3.63, 3.8) is 0 Å². The number of carbonyl (C=O) groups excluding carboxylic acids is 1. The van der Waals surface area contributed by atoms with Gasteiger partial charge in [0.15, 0.2) is 0 Å². The Balaban J connectivity index is 1.21.